The van der Waals surface area contributed by atoms with Crippen molar-refractivity contribution in [3.05, 3.63) is 36.7 Å². The molecule has 2 N–H and O–H groups in total. The van der Waals surface area contributed by atoms with Gasteiger partial charge in [-0.15, -0.1) is 0 Å². The topological polar surface area (TPSA) is 75.6 Å². The minimum atomic E-state index is -1.49. The molecule has 0 rings (SSSR count). The van der Waals surface area contributed by atoms with Crippen molar-refractivity contribution in [1.82, 2.24) is 5.32 Å². The Bertz CT molecular complexity index is 390. The molecule has 6 heteroatoms. The summed E-state index contributed by atoms with van der Waals surface area (Å²) in [5.74, 6) is -1.49. The average molecular weight is 274 g/mol. The maximum atomic E-state index is 11.6. The lowest BCUT2D eigenvalue weighted by atomic mass is 9.95. The van der Waals surface area contributed by atoms with Gasteiger partial charge >= 0.3 is 5.97 Å². The van der Waals surface area contributed by atoms with E-state index in [1.807, 2.05) is 0 Å². The molecule has 0 aromatic heterocycles. The number of hydrogen-bond acceptors (Lipinski definition) is 5. The quantitative estimate of drug-likeness (QED) is 0.314. The number of aliphatic hydroxyl groups excluding tert-OH is 1. The fourth-order valence-electron chi connectivity index (χ4n) is 1.22. The largest absolute Gasteiger partial charge is 0.466 e. The molecule has 0 aliphatic carbocycles. The summed E-state index contributed by atoms with van der Waals surface area (Å²) in [7, 11) is 1.20. The van der Waals surface area contributed by atoms with Gasteiger partial charge in [0.2, 0.25) is 0 Å². The fourth-order valence-corrected chi connectivity index (χ4v) is 1.41. The van der Waals surface area contributed by atoms with E-state index in [0.717, 1.165) is 0 Å². The third-order valence-corrected chi connectivity index (χ3v) is 2.46. The van der Waals surface area contributed by atoms with Crippen molar-refractivity contribution in [2.75, 3.05) is 7.11 Å². The number of carbonyl (C=O) groups is 2. The monoisotopic (exact) mass is 273 g/mol. The van der Waals surface area contributed by atoms with Crippen molar-refractivity contribution in [2.24, 2.45) is 5.92 Å². The molecule has 0 heterocycles. The number of nitrogens with one attached hydrogen (secondary N) is 1. The Balaban J connectivity index is 5.23. The van der Waals surface area contributed by atoms with Crippen LogP contribution in [0.4, 0.5) is 0 Å². The Kier molecular flexibility index (Phi) is 7.00. The van der Waals surface area contributed by atoms with Crippen LogP contribution in [0, 0.1) is 5.92 Å². The smallest absolute Gasteiger partial charge is 0.334 e. The molecule has 0 aliphatic heterocycles. The molecule has 0 aliphatic rings. The summed E-state index contributed by atoms with van der Waals surface area (Å²) >= 11 is 5.19. The highest BCUT2D eigenvalue weighted by molar-refractivity contribution is 6.64. The maximum absolute atomic E-state index is 11.6. The first-order chi connectivity index (χ1) is 8.34. The highest BCUT2D eigenvalue weighted by Gasteiger charge is 2.28. The Morgan fingerprint density at radius 2 is 2.06 bits per heavy atom. The van der Waals surface area contributed by atoms with Crippen molar-refractivity contribution in [3.8, 4) is 0 Å². The molecule has 18 heavy (non-hydrogen) atoms. The summed E-state index contributed by atoms with van der Waals surface area (Å²) in [5, 5.41) is 11.3. The second-order valence-corrected chi connectivity index (χ2v) is 3.88. The standard InChI is InChI=1S/C12H16ClNO4/c1-5-14-7(2)6-9(12(17)18-4)8(3)10(15)11(13)16/h5-6,8,10,14-15H,1-2H2,3-4H3/b9-6+. The first kappa shape index (κ1) is 16.4. The van der Waals surface area contributed by atoms with Crippen LogP contribution in [0.2, 0.25) is 0 Å². The molecule has 2 unspecified atom stereocenters. The van der Waals surface area contributed by atoms with Crippen LogP contribution in [0.25, 0.3) is 0 Å². The summed E-state index contributed by atoms with van der Waals surface area (Å²) in [6.07, 6.45) is 1.25. The van der Waals surface area contributed by atoms with Gasteiger partial charge in [-0.05, 0) is 23.9 Å². The van der Waals surface area contributed by atoms with Gasteiger partial charge in [-0.3, -0.25) is 4.79 Å². The van der Waals surface area contributed by atoms with Gasteiger partial charge in [0.15, 0.2) is 0 Å². The Hall–Kier alpha value is -1.59. The SMILES string of the molecule is C=CNC(=C)/C=C(/C(=O)OC)C(C)C(O)C(=O)Cl. The molecular formula is C12H16ClNO4. The number of hydrogen-bond donors (Lipinski definition) is 2. The second-order valence-electron chi connectivity index (χ2n) is 3.50. The minimum Gasteiger partial charge on any atom is -0.466 e. The molecule has 2 atom stereocenters. The zero-order valence-corrected chi connectivity index (χ0v) is 11.0. The van der Waals surface area contributed by atoms with E-state index in [9.17, 15) is 14.7 Å². The van der Waals surface area contributed by atoms with Crippen LogP contribution in [0.15, 0.2) is 36.7 Å². The second kappa shape index (κ2) is 7.68. The number of ether oxygens (including phenoxy) is 1. The van der Waals surface area contributed by atoms with Crippen molar-refractivity contribution in [2.45, 2.75) is 13.0 Å². The predicted molar refractivity (Wildman–Crippen MR) is 68.6 cm³/mol. The Morgan fingerprint density at radius 1 is 1.50 bits per heavy atom. The van der Waals surface area contributed by atoms with Crippen molar-refractivity contribution >= 4 is 22.8 Å². The van der Waals surface area contributed by atoms with E-state index in [1.165, 1.54) is 26.3 Å². The van der Waals surface area contributed by atoms with Crippen LogP contribution in [-0.4, -0.2) is 29.5 Å². The molecule has 0 spiro atoms. The zero-order chi connectivity index (χ0) is 14.3. The number of allylic oxidation sites excluding steroid dienone is 1. The summed E-state index contributed by atoms with van der Waals surface area (Å²) in [4.78, 5) is 22.5. The number of esters is 1. The highest BCUT2D eigenvalue weighted by Crippen LogP contribution is 2.19. The number of aliphatic hydroxyl groups is 1. The lowest BCUT2D eigenvalue weighted by molar-refractivity contribution is -0.137. The molecule has 0 saturated heterocycles. The summed E-state index contributed by atoms with van der Waals surface area (Å²) < 4.78 is 4.57. The molecular weight excluding hydrogens is 258 g/mol. The van der Waals surface area contributed by atoms with Gasteiger partial charge in [0, 0.05) is 17.2 Å². The number of methoxy groups -OCH3 is 1. The molecule has 0 fully saturated rings. The number of rotatable bonds is 7. The van der Waals surface area contributed by atoms with E-state index >= 15 is 0 Å². The Labute approximate surface area is 111 Å². The number of carbonyl (C=O) groups excluding carboxylic acids is 2. The van der Waals surface area contributed by atoms with Gasteiger partial charge in [0.05, 0.1) is 7.11 Å². The fraction of sp³-hybridized carbons (Fsp3) is 0.333. The van der Waals surface area contributed by atoms with Crippen LogP contribution >= 0.6 is 11.6 Å². The van der Waals surface area contributed by atoms with Gasteiger partial charge in [0.1, 0.15) is 6.10 Å². The van der Waals surface area contributed by atoms with E-state index in [4.69, 9.17) is 11.6 Å². The first-order valence-corrected chi connectivity index (χ1v) is 5.46. The van der Waals surface area contributed by atoms with Gasteiger partial charge < -0.3 is 15.2 Å². The summed E-state index contributed by atoms with van der Waals surface area (Å²) in [6.45, 7) is 8.54. The molecule has 0 saturated carbocycles. The molecule has 5 nitrogen and oxygen atoms in total. The summed E-state index contributed by atoms with van der Waals surface area (Å²) in [5.41, 5.74) is 0.449. The molecule has 0 bridgehead atoms. The van der Waals surface area contributed by atoms with Crippen molar-refractivity contribution in [1.29, 1.82) is 0 Å². The lowest BCUT2D eigenvalue weighted by Crippen LogP contribution is -2.29. The lowest BCUT2D eigenvalue weighted by Gasteiger charge is -2.17. The van der Waals surface area contributed by atoms with E-state index in [-0.39, 0.29) is 5.57 Å². The molecule has 0 radical (unpaired) electrons. The van der Waals surface area contributed by atoms with Gasteiger partial charge in [-0.25, -0.2) is 4.79 Å². The van der Waals surface area contributed by atoms with Crippen LogP contribution < -0.4 is 5.32 Å². The van der Waals surface area contributed by atoms with Crippen LogP contribution in [0.3, 0.4) is 0 Å². The summed E-state index contributed by atoms with van der Waals surface area (Å²) in [6, 6.07) is 0. The molecule has 0 aromatic carbocycles. The van der Waals surface area contributed by atoms with E-state index < -0.39 is 23.2 Å². The minimum absolute atomic E-state index is 0.0818. The first-order valence-electron chi connectivity index (χ1n) is 5.08. The van der Waals surface area contributed by atoms with E-state index in [1.54, 1.807) is 0 Å². The molecule has 100 valence electrons. The highest BCUT2D eigenvalue weighted by atomic mass is 35.5. The average Bonchev–Trinajstić information content (AvgIpc) is 2.33. The maximum Gasteiger partial charge on any atom is 0.334 e. The molecule has 0 amide bonds. The van der Waals surface area contributed by atoms with Gasteiger partial charge in [-0.1, -0.05) is 20.1 Å². The van der Waals surface area contributed by atoms with Gasteiger partial charge in [-0.2, -0.15) is 0 Å². The van der Waals surface area contributed by atoms with Crippen LogP contribution in [-0.2, 0) is 14.3 Å². The Morgan fingerprint density at radius 3 is 2.44 bits per heavy atom. The molecule has 0 aromatic rings. The van der Waals surface area contributed by atoms with Crippen LogP contribution in [0.1, 0.15) is 6.92 Å². The van der Waals surface area contributed by atoms with Crippen molar-refractivity contribution in [3.63, 3.8) is 0 Å². The van der Waals surface area contributed by atoms with E-state index in [2.05, 4.69) is 23.2 Å². The normalized spacial score (nSPS) is 14.3. The van der Waals surface area contributed by atoms with E-state index in [0.29, 0.717) is 5.70 Å². The number of halogens is 1. The third kappa shape index (κ3) is 4.73. The zero-order valence-electron chi connectivity index (χ0n) is 10.3. The van der Waals surface area contributed by atoms with Crippen LogP contribution in [0.5, 0.6) is 0 Å². The predicted octanol–water partition coefficient (Wildman–Crippen LogP) is 1.09. The van der Waals surface area contributed by atoms with Crippen molar-refractivity contribution < 1.29 is 19.4 Å². The third-order valence-electron chi connectivity index (χ3n) is 2.23. The van der Waals surface area contributed by atoms with Gasteiger partial charge in [0.25, 0.3) is 5.24 Å².